The van der Waals surface area contributed by atoms with Gasteiger partial charge in [0.25, 0.3) is 41.0 Å². The van der Waals surface area contributed by atoms with Gasteiger partial charge in [-0.15, -0.1) is 0 Å². The zero-order valence-electron chi connectivity index (χ0n) is 51.0. The number of aliphatic hydroxyl groups is 1. The van der Waals surface area contributed by atoms with Gasteiger partial charge in [-0.1, -0.05) is 20.8 Å². The van der Waals surface area contributed by atoms with Gasteiger partial charge >= 0.3 is 0 Å². The molecule has 510 valence electrons. The Morgan fingerprint density at radius 2 is 0.928 bits per heavy atom. The lowest BCUT2D eigenvalue weighted by Crippen LogP contribution is -2.49. The molecule has 14 heterocycles. The number of imidazole rings is 2. The Bertz CT molecular complexity index is 4700. The van der Waals surface area contributed by atoms with E-state index in [0.29, 0.717) is 0 Å². The summed E-state index contributed by atoms with van der Waals surface area (Å²) >= 11 is 0. The van der Waals surface area contributed by atoms with Crippen molar-refractivity contribution in [3.63, 3.8) is 0 Å². The molecule has 14 rings (SSSR count). The quantitative estimate of drug-likeness (QED) is 0.0905. The molecule has 20 atom stereocenters. The predicted molar refractivity (Wildman–Crippen MR) is 330 cm³/mol. The number of nitrogens with one attached hydrogen (secondary N) is 2. The van der Waals surface area contributed by atoms with Gasteiger partial charge in [0.2, 0.25) is 30.3 Å². The van der Waals surface area contributed by atoms with Crippen LogP contribution in [-0.4, -0.2) is 212 Å². The molecular weight excluding hydrogens is 1390 g/mol. The Hall–Kier alpha value is -5.90. The molecule has 8 unspecified atom stereocenters. The van der Waals surface area contributed by atoms with E-state index >= 15 is 13.2 Å². The highest BCUT2D eigenvalue weighted by Gasteiger charge is 2.58. The van der Waals surface area contributed by atoms with E-state index in [9.17, 15) is 37.3 Å². The number of rotatable bonds is 6. The summed E-state index contributed by atoms with van der Waals surface area (Å²) in [5.74, 6) is -1.82. The standard InChI is InChI=1S/C27H34B2F2N8O10P2Si.C21H20B2F2N8O10P2/c1-27(2,3)52(4,5)49-20-19-14(46-26(20)38-6-12(30)15-22(38)34-10-36-24(15)40)8-44-50(28,41)47-18-13(7-43-51(29,42)48-19)45-25(16(18)31)39-11-37-17-21(32)33-9-35-23(17)39;22-44(36)39-3-9-15(13(34)21(41-9)32-1-7(24)10-17(32)28-5-30-19(10)35)43-45(23,37)38-2-8-14(42-44)11(25)20(40-8)33-6-31-12-16(26)27-4-29-18(12)33/h6,9-11,13-14,16,18-20,25-26H,7-8H2,1-5H3,(H2,32,33,35)(H,34,36,40);1,4-6,8-9,11,13-15,20-21,34H,2-3H2,(H2,26,27,29)(H,28,30,35)/t13-,14-,16+,18?,19?,20+,25-,26-,50?,51?;8-,9-,11+,13+,14?,15?,20-,21-,44?,45?/m11/s1. The number of aromatic nitrogens is 14. The van der Waals surface area contributed by atoms with Crippen LogP contribution in [0.5, 0.6) is 0 Å². The minimum atomic E-state index is -4.65. The second-order valence-electron chi connectivity index (χ2n) is 24.4. The summed E-state index contributed by atoms with van der Waals surface area (Å²) in [6.07, 6.45) is -16.3. The predicted octanol–water partition coefficient (Wildman–Crippen LogP) is 3.33. The number of hydrogen-bond donors (Lipinski definition) is 5. The molecule has 6 fully saturated rings. The number of hydrogen-bond acceptors (Lipinski definition) is 30. The number of fused-ring (bicyclic) bond motifs is 8. The first kappa shape index (κ1) is 69.6. The molecule has 36 nitrogen and oxygen atoms in total. The molecular formula is C48H54B4F4N16O20P4Si. The Kier molecular flexibility index (Phi) is 18.4. The lowest BCUT2D eigenvalue weighted by Gasteiger charge is -2.41. The number of ether oxygens (including phenoxy) is 4. The van der Waals surface area contributed by atoms with Gasteiger partial charge in [-0.3, -0.25) is 37.0 Å². The molecule has 7 N–H and O–H groups in total. The molecule has 97 heavy (non-hydrogen) atoms. The molecule has 8 aromatic heterocycles. The van der Waals surface area contributed by atoms with Crippen LogP contribution in [0, 0.1) is 11.6 Å². The summed E-state index contributed by atoms with van der Waals surface area (Å²) in [5, 5.41) is 9.98. The summed E-state index contributed by atoms with van der Waals surface area (Å²) < 4.78 is 195. The van der Waals surface area contributed by atoms with E-state index in [1.54, 1.807) is 0 Å². The van der Waals surface area contributed by atoms with Crippen molar-refractivity contribution in [2.75, 3.05) is 37.9 Å². The maximum Gasteiger partial charge on any atom is 0.264 e. The van der Waals surface area contributed by atoms with Crippen LogP contribution in [0.4, 0.5) is 29.2 Å². The van der Waals surface area contributed by atoms with Crippen LogP contribution in [0.2, 0.25) is 18.1 Å². The highest BCUT2D eigenvalue weighted by Crippen LogP contribution is 2.57. The molecule has 6 aliphatic rings. The van der Waals surface area contributed by atoms with Gasteiger partial charge in [-0.25, -0.2) is 57.4 Å². The van der Waals surface area contributed by atoms with Crippen LogP contribution < -0.4 is 22.6 Å². The maximum atomic E-state index is 16.2. The smallest absolute Gasteiger partial charge is 0.264 e. The van der Waals surface area contributed by atoms with E-state index in [2.05, 4.69) is 49.8 Å². The summed E-state index contributed by atoms with van der Waals surface area (Å²) in [6.45, 7) is 6.90. The number of nitrogens with zero attached hydrogens (tertiary/aromatic N) is 12. The summed E-state index contributed by atoms with van der Waals surface area (Å²) in [7, 11) is 2.52. The largest absolute Gasteiger partial charge is 0.407 e. The number of aromatic amines is 2. The van der Waals surface area contributed by atoms with Gasteiger partial charge in [-0.2, -0.15) is 0 Å². The van der Waals surface area contributed by atoms with Crippen molar-refractivity contribution in [3.8, 4) is 0 Å². The first-order chi connectivity index (χ1) is 45.6. The summed E-state index contributed by atoms with van der Waals surface area (Å²) in [4.78, 5) is 61.4. The molecule has 0 aliphatic carbocycles. The molecule has 49 heteroatoms. The Balaban J connectivity index is 0.000000177. The van der Waals surface area contributed by atoms with Crippen molar-refractivity contribution in [1.82, 2.24) is 68.1 Å². The zero-order valence-corrected chi connectivity index (χ0v) is 55.6. The van der Waals surface area contributed by atoms with Crippen LogP contribution in [0.15, 0.2) is 59.9 Å². The van der Waals surface area contributed by atoms with Gasteiger partial charge in [0.15, 0.2) is 91.4 Å². The van der Waals surface area contributed by atoms with Crippen molar-refractivity contribution < 1.29 is 100 Å². The number of H-pyrrole nitrogens is 2. The third-order valence-corrected chi connectivity index (χ3v) is 25.8. The highest BCUT2D eigenvalue weighted by molar-refractivity contribution is 7.80. The normalized spacial score (nSPS) is 36.2. The fraction of sp³-hybridized carbons (Fsp3) is 0.542. The second-order valence-corrected chi connectivity index (χ2v) is 35.4. The molecule has 8 aromatic rings. The SMILES string of the molecule is [B]P1(=O)OC[C@H]2O[C@@H](n3cc(F)c4c(=O)[nH]cnc43)[C@@H](O[Si](C)(C)C(C)(C)C)C2OP([B])(=O)OC[C@H]2O[C@@H](n3cnc4c(N)ncnc43)[C@@H](F)C2O1.[B]P1(=O)OC[C@H]2O[C@@H](n3cnc4c(N)ncnc43)[C@@H](F)C2OP([B])(=O)OC[C@H]2O[C@@H](n3cc(F)c4c(=O)[nH]cnc43)[C@@H](O)C2O1. The molecule has 6 aliphatic heterocycles. The Morgan fingerprint density at radius 1 is 0.557 bits per heavy atom. The van der Waals surface area contributed by atoms with Crippen molar-refractivity contribution in [2.45, 2.75) is 137 Å². The molecule has 6 saturated heterocycles. The van der Waals surface area contributed by atoms with Crippen LogP contribution >= 0.6 is 29.9 Å². The van der Waals surface area contributed by atoms with Crippen molar-refractivity contribution >= 4 is 125 Å². The first-order valence-corrected chi connectivity index (χ1v) is 38.4. The minimum Gasteiger partial charge on any atom is -0.407 e. The van der Waals surface area contributed by atoms with Gasteiger partial charge in [0.1, 0.15) is 95.5 Å². The van der Waals surface area contributed by atoms with E-state index in [4.69, 9.17) is 101 Å². The fourth-order valence-electron chi connectivity index (χ4n) is 11.5. The van der Waals surface area contributed by atoms with Gasteiger partial charge in [0.05, 0.1) is 51.7 Å². The number of nitrogen functional groups attached to an aromatic ring is 2. The monoisotopic (exact) mass is 1450 g/mol. The van der Waals surface area contributed by atoms with E-state index in [-0.39, 0.29) is 50.6 Å². The van der Waals surface area contributed by atoms with Crippen LogP contribution in [0.1, 0.15) is 45.7 Å². The number of anilines is 2. The number of aliphatic hydroxyl groups excluding tert-OH is 1. The number of nitrogens with two attached hydrogens (primary N) is 2. The molecule has 0 saturated carbocycles. The van der Waals surface area contributed by atoms with Crippen molar-refractivity contribution in [2.24, 2.45) is 0 Å². The second kappa shape index (κ2) is 25.6. The average Bonchev–Trinajstić information content (AvgIpc) is 1.62. The molecule has 0 bridgehead atoms. The third kappa shape index (κ3) is 13.2. The first-order valence-electron chi connectivity index (χ1n) is 29.1. The molecule has 0 aromatic carbocycles. The van der Waals surface area contributed by atoms with E-state index in [0.717, 1.165) is 42.3 Å². The van der Waals surface area contributed by atoms with Gasteiger partial charge in [0, 0.05) is 12.4 Å². The molecule has 8 radical (unpaired) electrons. The summed E-state index contributed by atoms with van der Waals surface area (Å²) in [5.41, 5.74) is 10.4. The average molecular weight is 1450 g/mol. The van der Waals surface area contributed by atoms with E-state index in [1.807, 2.05) is 33.9 Å². The van der Waals surface area contributed by atoms with E-state index < -0.39 is 196 Å². The van der Waals surface area contributed by atoms with Gasteiger partial charge < -0.3 is 95.2 Å². The van der Waals surface area contributed by atoms with Crippen molar-refractivity contribution in [1.29, 1.82) is 0 Å². The third-order valence-electron chi connectivity index (χ3n) is 17.1. The molecule has 0 spiro atoms. The lowest BCUT2D eigenvalue weighted by molar-refractivity contribution is -0.0558. The summed E-state index contributed by atoms with van der Waals surface area (Å²) in [6, 6.07) is 0. The highest BCUT2D eigenvalue weighted by atomic mass is 31.2. The van der Waals surface area contributed by atoms with Crippen LogP contribution in [0.3, 0.4) is 0 Å². The van der Waals surface area contributed by atoms with Crippen LogP contribution in [-0.2, 0) is 77.8 Å². The van der Waals surface area contributed by atoms with Gasteiger partial charge in [-0.05, 0) is 18.1 Å². The Morgan fingerprint density at radius 3 is 1.36 bits per heavy atom. The van der Waals surface area contributed by atoms with E-state index in [1.165, 1.54) is 26.4 Å². The lowest BCUT2D eigenvalue weighted by atomic mass is 10.1. The topological polar surface area (TPSA) is 449 Å². The minimum absolute atomic E-state index is 0.0246. The van der Waals surface area contributed by atoms with Crippen LogP contribution in [0.25, 0.3) is 44.4 Å². The fourth-order valence-corrected chi connectivity index (χ4v) is 16.8. The number of alkyl halides is 2. The maximum absolute atomic E-state index is 16.2. The molecule has 0 amide bonds. The zero-order chi connectivity index (χ0) is 69.4. The number of halogens is 4. The Labute approximate surface area is 548 Å². The van der Waals surface area contributed by atoms with Crippen molar-refractivity contribution in [3.05, 3.63) is 82.7 Å².